The van der Waals surface area contributed by atoms with Gasteiger partial charge in [0.25, 0.3) is 5.91 Å². The quantitative estimate of drug-likeness (QED) is 0.929. The predicted octanol–water partition coefficient (Wildman–Crippen LogP) is 3.20. The van der Waals surface area contributed by atoms with E-state index in [0.717, 1.165) is 25.8 Å². The summed E-state index contributed by atoms with van der Waals surface area (Å²) in [5, 5.41) is 0. The van der Waals surface area contributed by atoms with Crippen molar-refractivity contribution >= 4 is 18.3 Å². The van der Waals surface area contributed by atoms with E-state index < -0.39 is 0 Å². The highest BCUT2D eigenvalue weighted by atomic mass is 35.5. The van der Waals surface area contributed by atoms with Crippen LogP contribution in [0, 0.1) is 5.92 Å². The minimum absolute atomic E-state index is 0. The Morgan fingerprint density at radius 3 is 2.90 bits per heavy atom. The molecule has 0 radical (unpaired) electrons. The molecule has 114 valence electrons. The third-order valence-electron chi connectivity index (χ3n) is 4.06. The Labute approximate surface area is 127 Å². The second-order valence-electron chi connectivity index (χ2n) is 5.48. The molecule has 0 aliphatic carbocycles. The van der Waals surface area contributed by atoms with Gasteiger partial charge in [-0.2, -0.15) is 0 Å². The van der Waals surface area contributed by atoms with Crippen LogP contribution in [0.15, 0.2) is 16.7 Å². The van der Waals surface area contributed by atoms with Gasteiger partial charge in [-0.15, -0.1) is 12.4 Å². The molecule has 1 aliphatic rings. The molecule has 2 N–H and O–H groups in total. The molecule has 1 amide bonds. The van der Waals surface area contributed by atoms with Crippen molar-refractivity contribution in [3.8, 4) is 0 Å². The molecule has 1 saturated heterocycles. The first-order valence-electron chi connectivity index (χ1n) is 7.25. The maximum absolute atomic E-state index is 12.6. The van der Waals surface area contributed by atoms with Crippen molar-refractivity contribution < 1.29 is 9.21 Å². The number of nitrogens with two attached hydrogens (primary N) is 1. The Bertz CT molecular complexity index is 433. The van der Waals surface area contributed by atoms with Crippen LogP contribution in [0.3, 0.4) is 0 Å². The first-order chi connectivity index (χ1) is 9.17. The van der Waals surface area contributed by atoms with Crippen LogP contribution in [0.2, 0.25) is 0 Å². The number of nitrogens with zero attached hydrogens (tertiary/aromatic N) is 1. The van der Waals surface area contributed by atoms with E-state index in [9.17, 15) is 4.79 Å². The summed E-state index contributed by atoms with van der Waals surface area (Å²) in [6.07, 6.45) is 6.03. The lowest BCUT2D eigenvalue weighted by atomic mass is 9.87. The van der Waals surface area contributed by atoms with E-state index in [4.69, 9.17) is 10.2 Å². The van der Waals surface area contributed by atoms with E-state index in [-0.39, 0.29) is 18.3 Å². The molecule has 2 rings (SSSR count). The van der Waals surface area contributed by atoms with Crippen LogP contribution in [-0.4, -0.2) is 23.4 Å². The molecule has 1 aromatic rings. The van der Waals surface area contributed by atoms with E-state index in [0.29, 0.717) is 29.8 Å². The van der Waals surface area contributed by atoms with Crippen molar-refractivity contribution in [1.82, 2.24) is 4.90 Å². The molecular formula is C15H25ClN2O2. The summed E-state index contributed by atoms with van der Waals surface area (Å²) in [6, 6.07) is 2.13. The highest BCUT2D eigenvalue weighted by molar-refractivity contribution is 5.94. The Kier molecular flexibility index (Phi) is 6.56. The number of amides is 1. The molecule has 4 nitrogen and oxygen atoms in total. The lowest BCUT2D eigenvalue weighted by Crippen LogP contribution is -2.47. The van der Waals surface area contributed by atoms with Crippen molar-refractivity contribution in [2.24, 2.45) is 11.7 Å². The van der Waals surface area contributed by atoms with Gasteiger partial charge in [-0.3, -0.25) is 4.79 Å². The number of furan rings is 1. The Morgan fingerprint density at radius 1 is 1.55 bits per heavy atom. The summed E-state index contributed by atoms with van der Waals surface area (Å²) < 4.78 is 5.28. The number of carbonyl (C=O) groups excluding carboxylic acids is 1. The van der Waals surface area contributed by atoms with Crippen molar-refractivity contribution in [2.45, 2.75) is 52.1 Å². The largest absolute Gasteiger partial charge is 0.467 e. The predicted molar refractivity (Wildman–Crippen MR) is 82.0 cm³/mol. The Hall–Kier alpha value is -1.00. The molecule has 0 spiro atoms. The van der Waals surface area contributed by atoms with Gasteiger partial charge in [0.05, 0.1) is 12.1 Å². The molecule has 1 aliphatic heterocycles. The van der Waals surface area contributed by atoms with Crippen LogP contribution < -0.4 is 5.73 Å². The fourth-order valence-electron chi connectivity index (χ4n) is 3.00. The zero-order valence-electron chi connectivity index (χ0n) is 12.3. The van der Waals surface area contributed by atoms with Crippen LogP contribution in [0.25, 0.3) is 0 Å². The van der Waals surface area contributed by atoms with Gasteiger partial charge in [0.1, 0.15) is 12.0 Å². The van der Waals surface area contributed by atoms with Crippen LogP contribution in [0.4, 0.5) is 0 Å². The first kappa shape index (κ1) is 17.1. The molecule has 2 unspecified atom stereocenters. The van der Waals surface area contributed by atoms with Crippen molar-refractivity contribution in [1.29, 1.82) is 0 Å². The standard InChI is InChI=1S/C15H24N2O2.ClH/c1-3-5-14-11(2)6-4-7-17(14)15(18)12-8-13(9-16)19-10-12;/h8,10-11,14H,3-7,9,16H2,1-2H3;1H. The molecule has 0 bridgehead atoms. The molecule has 0 aromatic carbocycles. The highest BCUT2D eigenvalue weighted by Crippen LogP contribution is 2.28. The second kappa shape index (κ2) is 7.70. The summed E-state index contributed by atoms with van der Waals surface area (Å²) in [6.45, 7) is 5.62. The van der Waals surface area contributed by atoms with Gasteiger partial charge in [-0.25, -0.2) is 0 Å². The van der Waals surface area contributed by atoms with Crippen LogP contribution in [0.5, 0.6) is 0 Å². The molecule has 2 heterocycles. The van der Waals surface area contributed by atoms with Gasteiger partial charge in [0, 0.05) is 12.6 Å². The number of rotatable bonds is 4. The van der Waals surface area contributed by atoms with Gasteiger partial charge in [0.2, 0.25) is 0 Å². The molecule has 1 fully saturated rings. The number of hydrogen-bond acceptors (Lipinski definition) is 3. The average molecular weight is 301 g/mol. The van der Waals surface area contributed by atoms with Crippen LogP contribution in [0.1, 0.15) is 55.6 Å². The van der Waals surface area contributed by atoms with Crippen molar-refractivity contribution in [2.75, 3.05) is 6.54 Å². The number of hydrogen-bond donors (Lipinski definition) is 1. The summed E-state index contributed by atoms with van der Waals surface area (Å²) in [5.74, 6) is 1.34. The van der Waals surface area contributed by atoms with Crippen molar-refractivity contribution in [3.63, 3.8) is 0 Å². The zero-order valence-corrected chi connectivity index (χ0v) is 13.1. The van der Waals surface area contributed by atoms with Gasteiger partial charge in [-0.05, 0) is 31.2 Å². The van der Waals surface area contributed by atoms with Crippen LogP contribution in [-0.2, 0) is 6.54 Å². The third-order valence-corrected chi connectivity index (χ3v) is 4.06. The zero-order chi connectivity index (χ0) is 13.8. The lowest BCUT2D eigenvalue weighted by molar-refractivity contribution is 0.0497. The topological polar surface area (TPSA) is 59.5 Å². The van der Waals surface area contributed by atoms with E-state index >= 15 is 0 Å². The SMILES string of the molecule is CCCC1C(C)CCCN1C(=O)c1coc(CN)c1.Cl. The fraction of sp³-hybridized carbons (Fsp3) is 0.667. The minimum Gasteiger partial charge on any atom is -0.467 e. The van der Waals surface area contributed by atoms with E-state index in [1.807, 2.05) is 4.90 Å². The van der Waals surface area contributed by atoms with E-state index in [2.05, 4.69) is 13.8 Å². The summed E-state index contributed by atoms with van der Waals surface area (Å²) >= 11 is 0. The maximum atomic E-state index is 12.6. The summed E-state index contributed by atoms with van der Waals surface area (Å²) in [4.78, 5) is 14.6. The van der Waals surface area contributed by atoms with Gasteiger partial charge in [-0.1, -0.05) is 20.3 Å². The highest BCUT2D eigenvalue weighted by Gasteiger charge is 2.32. The van der Waals surface area contributed by atoms with Crippen LogP contribution >= 0.6 is 12.4 Å². The number of carbonyl (C=O) groups is 1. The Morgan fingerprint density at radius 2 is 2.30 bits per heavy atom. The smallest absolute Gasteiger partial charge is 0.257 e. The Balaban J connectivity index is 0.00000200. The monoisotopic (exact) mass is 300 g/mol. The first-order valence-corrected chi connectivity index (χ1v) is 7.25. The minimum atomic E-state index is 0. The van der Waals surface area contributed by atoms with Crippen molar-refractivity contribution in [3.05, 3.63) is 23.7 Å². The van der Waals surface area contributed by atoms with Gasteiger partial charge in [0.15, 0.2) is 0 Å². The molecule has 2 atom stereocenters. The van der Waals surface area contributed by atoms with Gasteiger partial charge < -0.3 is 15.1 Å². The molecule has 20 heavy (non-hydrogen) atoms. The number of piperidine rings is 1. The average Bonchev–Trinajstić information content (AvgIpc) is 2.89. The fourth-order valence-corrected chi connectivity index (χ4v) is 3.00. The molecule has 5 heteroatoms. The normalized spacial score (nSPS) is 22.4. The third kappa shape index (κ3) is 3.55. The van der Waals surface area contributed by atoms with Gasteiger partial charge >= 0.3 is 0 Å². The number of likely N-dealkylation sites (tertiary alicyclic amines) is 1. The lowest BCUT2D eigenvalue weighted by Gasteiger charge is -2.40. The molecule has 0 saturated carbocycles. The summed E-state index contributed by atoms with van der Waals surface area (Å²) in [7, 11) is 0. The summed E-state index contributed by atoms with van der Waals surface area (Å²) in [5.41, 5.74) is 6.16. The van der Waals surface area contributed by atoms with E-state index in [1.165, 1.54) is 12.7 Å². The molecule has 1 aromatic heterocycles. The molecular weight excluding hydrogens is 276 g/mol. The second-order valence-corrected chi connectivity index (χ2v) is 5.48. The number of halogens is 1. The van der Waals surface area contributed by atoms with E-state index in [1.54, 1.807) is 6.07 Å². The maximum Gasteiger partial charge on any atom is 0.257 e.